The summed E-state index contributed by atoms with van der Waals surface area (Å²) in [4.78, 5) is 12.8. The number of carbonyl (C=O) groups is 1. The molecule has 3 aromatic carbocycles. The summed E-state index contributed by atoms with van der Waals surface area (Å²) in [5, 5.41) is 3.01. The van der Waals surface area contributed by atoms with Crippen LogP contribution in [0, 0.1) is 6.92 Å². The first kappa shape index (κ1) is 23.4. The summed E-state index contributed by atoms with van der Waals surface area (Å²) in [6.07, 6.45) is 4.84. The van der Waals surface area contributed by atoms with Gasteiger partial charge in [-0.15, -0.1) is 0 Å². The van der Waals surface area contributed by atoms with E-state index >= 15 is 0 Å². The molecule has 4 rings (SSSR count). The predicted molar refractivity (Wildman–Crippen MR) is 136 cm³/mol. The fourth-order valence-electron chi connectivity index (χ4n) is 3.87. The molecule has 0 spiro atoms. The highest BCUT2D eigenvalue weighted by atomic mass is 16.5. The van der Waals surface area contributed by atoms with E-state index in [0.717, 1.165) is 40.1 Å². The second-order valence-electron chi connectivity index (χ2n) is 8.95. The van der Waals surface area contributed by atoms with Crippen molar-refractivity contribution < 1.29 is 19.0 Å². The number of rotatable bonds is 8. The van der Waals surface area contributed by atoms with Crippen molar-refractivity contribution >= 4 is 17.7 Å². The minimum absolute atomic E-state index is 0.131. The maximum atomic E-state index is 12.8. The van der Waals surface area contributed by atoms with Gasteiger partial charge in [0.2, 0.25) is 0 Å². The van der Waals surface area contributed by atoms with E-state index in [1.165, 1.54) is 0 Å². The summed E-state index contributed by atoms with van der Waals surface area (Å²) in [5.74, 6) is 1.54. The molecule has 0 bridgehead atoms. The van der Waals surface area contributed by atoms with Crippen LogP contribution in [0.3, 0.4) is 0 Å². The molecule has 1 N–H and O–H groups in total. The lowest BCUT2D eigenvalue weighted by Gasteiger charge is -2.28. The molecule has 0 saturated heterocycles. The molecule has 1 heterocycles. The Labute approximate surface area is 201 Å². The van der Waals surface area contributed by atoms with Gasteiger partial charge in [0.15, 0.2) is 18.1 Å². The molecular formula is C29H31NO4. The Morgan fingerprint density at radius 2 is 1.76 bits per heavy atom. The highest BCUT2D eigenvalue weighted by Gasteiger charge is 2.24. The van der Waals surface area contributed by atoms with Crippen molar-refractivity contribution in [2.75, 3.05) is 11.9 Å². The topological polar surface area (TPSA) is 56.8 Å². The van der Waals surface area contributed by atoms with Crippen LogP contribution in [0.15, 0.2) is 66.7 Å². The summed E-state index contributed by atoms with van der Waals surface area (Å²) < 4.78 is 18.2. The van der Waals surface area contributed by atoms with Crippen molar-refractivity contribution in [2.24, 2.45) is 0 Å². The zero-order valence-corrected chi connectivity index (χ0v) is 20.2. The van der Waals surface area contributed by atoms with Crippen LogP contribution < -0.4 is 19.5 Å². The van der Waals surface area contributed by atoms with E-state index in [2.05, 4.69) is 12.2 Å². The summed E-state index contributed by atoms with van der Waals surface area (Å²) >= 11 is 0. The summed E-state index contributed by atoms with van der Waals surface area (Å²) in [5.41, 5.74) is 4.49. The first-order valence-electron chi connectivity index (χ1n) is 11.6. The molecular weight excluding hydrogens is 426 g/mol. The standard InChI is InChI=1S/C29H31NO4/c1-5-22-13-9-10-20(2)28(22)30-27(31)19-33-25-16-23-14-15-29(3,4)34-24(23)17-26(25)32-18-21-11-7-6-8-12-21/h6-17H,5,18-19H2,1-4H3,(H,30,31). The number of amides is 1. The lowest BCUT2D eigenvalue weighted by molar-refractivity contribution is -0.118. The maximum absolute atomic E-state index is 12.8. The predicted octanol–water partition coefficient (Wildman–Crippen LogP) is 6.34. The van der Waals surface area contributed by atoms with E-state index in [1.54, 1.807) is 0 Å². The van der Waals surface area contributed by atoms with E-state index in [4.69, 9.17) is 14.2 Å². The molecule has 34 heavy (non-hydrogen) atoms. The Balaban J connectivity index is 1.53. The third-order valence-corrected chi connectivity index (χ3v) is 5.71. The minimum Gasteiger partial charge on any atom is -0.485 e. The van der Waals surface area contributed by atoms with Crippen molar-refractivity contribution in [3.8, 4) is 17.2 Å². The Kier molecular flexibility index (Phi) is 6.92. The molecule has 1 aliphatic heterocycles. The number of aryl methyl sites for hydroxylation is 2. The minimum atomic E-state index is -0.406. The number of carbonyl (C=O) groups excluding carboxylic acids is 1. The van der Waals surface area contributed by atoms with Crippen LogP contribution in [0.2, 0.25) is 0 Å². The number of benzene rings is 3. The van der Waals surface area contributed by atoms with E-state index in [-0.39, 0.29) is 12.5 Å². The van der Waals surface area contributed by atoms with Gasteiger partial charge in [0.25, 0.3) is 5.91 Å². The van der Waals surface area contributed by atoms with E-state index in [0.29, 0.717) is 18.1 Å². The second kappa shape index (κ2) is 10.0. The van der Waals surface area contributed by atoms with Crippen molar-refractivity contribution in [3.05, 3.63) is 89.0 Å². The molecule has 176 valence electrons. The fraction of sp³-hybridized carbons (Fsp3) is 0.276. The van der Waals surface area contributed by atoms with Gasteiger partial charge in [0.1, 0.15) is 18.0 Å². The van der Waals surface area contributed by atoms with Crippen LogP contribution in [0.5, 0.6) is 17.2 Å². The molecule has 0 atom stereocenters. The van der Waals surface area contributed by atoms with Crippen molar-refractivity contribution in [1.82, 2.24) is 0 Å². The fourth-order valence-corrected chi connectivity index (χ4v) is 3.87. The van der Waals surface area contributed by atoms with Gasteiger partial charge in [0, 0.05) is 17.3 Å². The zero-order valence-electron chi connectivity index (χ0n) is 20.2. The van der Waals surface area contributed by atoms with Gasteiger partial charge < -0.3 is 19.5 Å². The quantitative estimate of drug-likeness (QED) is 0.429. The third kappa shape index (κ3) is 5.60. The number of hydrogen-bond donors (Lipinski definition) is 1. The van der Waals surface area contributed by atoms with E-state index < -0.39 is 5.60 Å². The maximum Gasteiger partial charge on any atom is 0.262 e. The van der Waals surface area contributed by atoms with Crippen LogP contribution in [-0.2, 0) is 17.8 Å². The van der Waals surface area contributed by atoms with Crippen molar-refractivity contribution in [2.45, 2.75) is 46.3 Å². The van der Waals surface area contributed by atoms with Crippen LogP contribution in [0.1, 0.15) is 43.0 Å². The number of para-hydroxylation sites is 1. The normalized spacial score (nSPS) is 13.5. The highest BCUT2D eigenvalue weighted by Crippen LogP contribution is 2.40. The smallest absolute Gasteiger partial charge is 0.262 e. The highest BCUT2D eigenvalue weighted by molar-refractivity contribution is 5.93. The second-order valence-corrected chi connectivity index (χ2v) is 8.95. The molecule has 0 saturated carbocycles. The lowest BCUT2D eigenvalue weighted by Crippen LogP contribution is -2.27. The Bertz CT molecular complexity index is 1200. The molecule has 0 radical (unpaired) electrons. The van der Waals surface area contributed by atoms with Crippen LogP contribution in [0.25, 0.3) is 6.08 Å². The SMILES string of the molecule is CCc1cccc(C)c1NC(=O)COc1cc2c(cc1OCc1ccccc1)OC(C)(C)C=C2. The van der Waals surface area contributed by atoms with Gasteiger partial charge in [-0.3, -0.25) is 4.79 Å². The van der Waals surface area contributed by atoms with Crippen molar-refractivity contribution in [3.63, 3.8) is 0 Å². The summed E-state index contributed by atoms with van der Waals surface area (Å²) in [7, 11) is 0. The first-order chi connectivity index (χ1) is 16.3. The number of anilines is 1. The van der Waals surface area contributed by atoms with E-state index in [1.807, 2.05) is 93.6 Å². The Morgan fingerprint density at radius 3 is 2.53 bits per heavy atom. The van der Waals surface area contributed by atoms with Gasteiger partial charge >= 0.3 is 0 Å². The average molecular weight is 458 g/mol. The molecule has 0 unspecified atom stereocenters. The van der Waals surface area contributed by atoms with Gasteiger partial charge in [-0.1, -0.05) is 61.5 Å². The summed E-state index contributed by atoms with van der Waals surface area (Å²) in [6, 6.07) is 19.6. The van der Waals surface area contributed by atoms with Crippen LogP contribution in [-0.4, -0.2) is 18.1 Å². The largest absolute Gasteiger partial charge is 0.485 e. The number of fused-ring (bicyclic) bond motifs is 1. The molecule has 1 amide bonds. The summed E-state index contributed by atoms with van der Waals surface area (Å²) in [6.45, 7) is 8.31. The third-order valence-electron chi connectivity index (χ3n) is 5.71. The van der Waals surface area contributed by atoms with Crippen LogP contribution in [0.4, 0.5) is 5.69 Å². The molecule has 1 aliphatic rings. The number of ether oxygens (including phenoxy) is 3. The first-order valence-corrected chi connectivity index (χ1v) is 11.6. The van der Waals surface area contributed by atoms with Crippen LogP contribution >= 0.6 is 0 Å². The lowest BCUT2D eigenvalue weighted by atomic mass is 10.0. The monoisotopic (exact) mass is 457 g/mol. The van der Waals surface area contributed by atoms with Gasteiger partial charge in [-0.25, -0.2) is 0 Å². The molecule has 0 aliphatic carbocycles. The Morgan fingerprint density at radius 1 is 1.00 bits per heavy atom. The zero-order chi connectivity index (χ0) is 24.1. The average Bonchev–Trinajstić information content (AvgIpc) is 2.82. The Hall–Kier alpha value is -3.73. The van der Waals surface area contributed by atoms with E-state index in [9.17, 15) is 4.79 Å². The number of nitrogens with one attached hydrogen (secondary N) is 1. The molecule has 3 aromatic rings. The van der Waals surface area contributed by atoms with Gasteiger partial charge in [0.05, 0.1) is 0 Å². The molecule has 5 nitrogen and oxygen atoms in total. The molecule has 5 heteroatoms. The van der Waals surface area contributed by atoms with Crippen molar-refractivity contribution in [1.29, 1.82) is 0 Å². The molecule has 0 fully saturated rings. The molecule has 0 aromatic heterocycles. The number of hydrogen-bond acceptors (Lipinski definition) is 4. The van der Waals surface area contributed by atoms with Gasteiger partial charge in [-0.05, 0) is 56.0 Å². The van der Waals surface area contributed by atoms with Gasteiger partial charge in [-0.2, -0.15) is 0 Å².